The van der Waals surface area contributed by atoms with Crippen LogP contribution in [0, 0.1) is 0 Å². The van der Waals surface area contributed by atoms with Gasteiger partial charge in [0.05, 0.1) is 43.4 Å². The Morgan fingerprint density at radius 2 is 1.53 bits per heavy atom. The lowest BCUT2D eigenvalue weighted by molar-refractivity contribution is -0.114. The first kappa shape index (κ1) is 23.0. The van der Waals surface area contributed by atoms with Crippen molar-refractivity contribution in [2.75, 3.05) is 38.5 Å². The van der Waals surface area contributed by atoms with Gasteiger partial charge >= 0.3 is 0 Å². The van der Waals surface area contributed by atoms with Crippen LogP contribution < -0.4 is 24.8 Å². The van der Waals surface area contributed by atoms with E-state index in [1.54, 1.807) is 48.5 Å². The SMILES string of the molecule is COc1ccc(S(=O)(=O)c2ccccc2NCC(=O)Nc2ccc(OC)c(OC)c2)cc1. The van der Waals surface area contributed by atoms with Gasteiger partial charge < -0.3 is 24.8 Å². The maximum absolute atomic E-state index is 13.1. The molecule has 8 nitrogen and oxygen atoms in total. The van der Waals surface area contributed by atoms with Crippen LogP contribution in [-0.2, 0) is 14.6 Å². The van der Waals surface area contributed by atoms with Crippen molar-refractivity contribution in [1.82, 2.24) is 0 Å². The maximum Gasteiger partial charge on any atom is 0.243 e. The first-order chi connectivity index (χ1) is 15.4. The topological polar surface area (TPSA) is 103 Å². The van der Waals surface area contributed by atoms with E-state index < -0.39 is 9.84 Å². The predicted octanol–water partition coefficient (Wildman–Crippen LogP) is 3.60. The average molecular weight is 457 g/mol. The number of amides is 1. The van der Waals surface area contributed by atoms with Gasteiger partial charge in [-0.05, 0) is 48.5 Å². The zero-order valence-electron chi connectivity index (χ0n) is 17.9. The van der Waals surface area contributed by atoms with Gasteiger partial charge in [-0.25, -0.2) is 8.42 Å². The second-order valence-corrected chi connectivity index (χ2v) is 8.56. The molecule has 0 aliphatic heterocycles. The summed E-state index contributed by atoms with van der Waals surface area (Å²) in [7, 11) is 0.742. The Morgan fingerprint density at radius 1 is 0.844 bits per heavy atom. The van der Waals surface area contributed by atoms with Crippen molar-refractivity contribution in [2.24, 2.45) is 0 Å². The summed E-state index contributed by atoms with van der Waals surface area (Å²) in [5.74, 6) is 1.23. The first-order valence-corrected chi connectivity index (χ1v) is 11.1. The molecule has 0 heterocycles. The number of ether oxygens (including phenoxy) is 3. The highest BCUT2D eigenvalue weighted by molar-refractivity contribution is 7.91. The first-order valence-electron chi connectivity index (χ1n) is 9.63. The summed E-state index contributed by atoms with van der Waals surface area (Å²) in [6, 6.07) is 17.6. The number of rotatable bonds is 9. The molecular weight excluding hydrogens is 432 g/mol. The number of nitrogens with one attached hydrogen (secondary N) is 2. The van der Waals surface area contributed by atoms with Crippen molar-refractivity contribution in [3.63, 3.8) is 0 Å². The van der Waals surface area contributed by atoms with E-state index >= 15 is 0 Å². The molecule has 32 heavy (non-hydrogen) atoms. The summed E-state index contributed by atoms with van der Waals surface area (Å²) in [6.07, 6.45) is 0. The fourth-order valence-corrected chi connectivity index (χ4v) is 4.46. The Balaban J connectivity index is 1.74. The second kappa shape index (κ2) is 10.1. The predicted molar refractivity (Wildman–Crippen MR) is 122 cm³/mol. The molecule has 0 radical (unpaired) electrons. The molecule has 0 fully saturated rings. The van der Waals surface area contributed by atoms with E-state index in [4.69, 9.17) is 14.2 Å². The normalized spacial score (nSPS) is 10.8. The van der Waals surface area contributed by atoms with Gasteiger partial charge in [-0.3, -0.25) is 4.79 Å². The van der Waals surface area contributed by atoms with Gasteiger partial charge in [0.15, 0.2) is 11.5 Å². The lowest BCUT2D eigenvalue weighted by Gasteiger charge is -2.14. The lowest BCUT2D eigenvalue weighted by atomic mass is 10.2. The van der Waals surface area contributed by atoms with E-state index in [1.165, 1.54) is 39.5 Å². The number of hydrogen-bond acceptors (Lipinski definition) is 7. The smallest absolute Gasteiger partial charge is 0.243 e. The Hall–Kier alpha value is -3.72. The van der Waals surface area contributed by atoms with Gasteiger partial charge in [-0.1, -0.05) is 12.1 Å². The molecule has 2 N–H and O–H groups in total. The number of hydrogen-bond donors (Lipinski definition) is 2. The molecule has 0 bridgehead atoms. The fourth-order valence-electron chi connectivity index (χ4n) is 3.02. The van der Waals surface area contributed by atoms with E-state index in [0.29, 0.717) is 28.6 Å². The molecule has 9 heteroatoms. The summed E-state index contributed by atoms with van der Waals surface area (Å²) in [5.41, 5.74) is 0.847. The van der Waals surface area contributed by atoms with Crippen molar-refractivity contribution in [1.29, 1.82) is 0 Å². The Kier molecular flexibility index (Phi) is 7.21. The van der Waals surface area contributed by atoms with E-state index in [-0.39, 0.29) is 22.2 Å². The van der Waals surface area contributed by atoms with Crippen molar-refractivity contribution in [3.8, 4) is 17.2 Å². The number of anilines is 2. The molecule has 1 amide bonds. The number of para-hydroxylation sites is 1. The molecule has 0 unspecified atom stereocenters. The van der Waals surface area contributed by atoms with Crippen LogP contribution in [0.15, 0.2) is 76.5 Å². The molecule has 0 aromatic heterocycles. The van der Waals surface area contributed by atoms with Gasteiger partial charge in [-0.15, -0.1) is 0 Å². The van der Waals surface area contributed by atoms with Crippen LogP contribution in [0.2, 0.25) is 0 Å². The fraction of sp³-hybridized carbons (Fsp3) is 0.174. The van der Waals surface area contributed by atoms with Crippen molar-refractivity contribution < 1.29 is 27.4 Å². The highest BCUT2D eigenvalue weighted by atomic mass is 32.2. The van der Waals surface area contributed by atoms with Gasteiger partial charge in [0.2, 0.25) is 15.7 Å². The van der Waals surface area contributed by atoms with Crippen molar-refractivity contribution in [3.05, 3.63) is 66.7 Å². The largest absolute Gasteiger partial charge is 0.497 e. The van der Waals surface area contributed by atoms with E-state index in [9.17, 15) is 13.2 Å². The number of benzene rings is 3. The summed E-state index contributed by atoms with van der Waals surface area (Å²) in [6.45, 7) is -0.135. The zero-order chi connectivity index (χ0) is 23.1. The Labute approximate surface area is 187 Å². The van der Waals surface area contributed by atoms with Gasteiger partial charge in [-0.2, -0.15) is 0 Å². The molecule has 3 rings (SSSR count). The molecule has 3 aromatic rings. The summed E-state index contributed by atoms with van der Waals surface area (Å²) in [4.78, 5) is 12.6. The molecule has 0 atom stereocenters. The van der Waals surface area contributed by atoms with E-state index in [0.717, 1.165) is 0 Å². The second-order valence-electron chi connectivity index (χ2n) is 6.65. The van der Waals surface area contributed by atoms with Crippen LogP contribution in [0.3, 0.4) is 0 Å². The average Bonchev–Trinajstić information content (AvgIpc) is 2.82. The minimum absolute atomic E-state index is 0.0732. The lowest BCUT2D eigenvalue weighted by Crippen LogP contribution is -2.22. The van der Waals surface area contributed by atoms with E-state index in [1.807, 2.05) is 0 Å². The van der Waals surface area contributed by atoms with Crippen LogP contribution in [0.25, 0.3) is 0 Å². The molecule has 0 aliphatic carbocycles. The minimum atomic E-state index is -3.80. The quantitative estimate of drug-likeness (QED) is 0.507. The Bertz CT molecular complexity index is 1190. The molecule has 168 valence electrons. The number of carbonyl (C=O) groups is 1. The number of methoxy groups -OCH3 is 3. The van der Waals surface area contributed by atoms with Crippen LogP contribution in [0.4, 0.5) is 11.4 Å². The summed E-state index contributed by atoms with van der Waals surface area (Å²) in [5, 5.41) is 5.65. The van der Waals surface area contributed by atoms with Crippen LogP contribution in [-0.4, -0.2) is 42.2 Å². The molecule has 0 saturated carbocycles. The highest BCUT2D eigenvalue weighted by Crippen LogP contribution is 2.30. The molecule has 0 saturated heterocycles. The third-order valence-corrected chi connectivity index (χ3v) is 6.48. The maximum atomic E-state index is 13.1. The van der Waals surface area contributed by atoms with Crippen molar-refractivity contribution >= 4 is 27.1 Å². The zero-order valence-corrected chi connectivity index (χ0v) is 18.7. The summed E-state index contributed by atoms with van der Waals surface area (Å²) >= 11 is 0. The third kappa shape index (κ3) is 5.12. The molecule has 0 aliphatic rings. The highest BCUT2D eigenvalue weighted by Gasteiger charge is 2.21. The van der Waals surface area contributed by atoms with Gasteiger partial charge in [0.1, 0.15) is 5.75 Å². The monoisotopic (exact) mass is 456 g/mol. The van der Waals surface area contributed by atoms with Gasteiger partial charge in [0.25, 0.3) is 0 Å². The molecule has 3 aromatic carbocycles. The van der Waals surface area contributed by atoms with Crippen LogP contribution in [0.5, 0.6) is 17.2 Å². The Morgan fingerprint density at radius 3 is 2.19 bits per heavy atom. The number of sulfone groups is 1. The molecular formula is C23H24N2O6S. The van der Waals surface area contributed by atoms with Gasteiger partial charge in [0, 0.05) is 11.8 Å². The third-order valence-electron chi connectivity index (χ3n) is 4.65. The van der Waals surface area contributed by atoms with Crippen molar-refractivity contribution in [2.45, 2.75) is 9.79 Å². The van der Waals surface area contributed by atoms with E-state index in [2.05, 4.69) is 10.6 Å². The standard InChI is InChI=1S/C23H24N2O6S/c1-29-17-9-11-18(12-10-17)32(27,28)22-7-5-4-6-19(22)24-15-23(26)25-16-8-13-20(30-2)21(14-16)31-3/h4-14,24H,15H2,1-3H3,(H,25,26). The van der Waals surface area contributed by atoms with Crippen LogP contribution in [0.1, 0.15) is 0 Å². The molecule has 0 spiro atoms. The summed E-state index contributed by atoms with van der Waals surface area (Å²) < 4.78 is 41.7. The van der Waals surface area contributed by atoms with Crippen LogP contribution >= 0.6 is 0 Å². The number of carbonyl (C=O) groups excluding carboxylic acids is 1. The minimum Gasteiger partial charge on any atom is -0.497 e.